The van der Waals surface area contributed by atoms with E-state index < -0.39 is 5.54 Å². The van der Waals surface area contributed by atoms with Crippen LogP contribution in [0.1, 0.15) is 39.2 Å². The molecule has 0 saturated carbocycles. The number of amidine groups is 1. The molecule has 2 rings (SSSR count). The van der Waals surface area contributed by atoms with Gasteiger partial charge < -0.3 is 10.6 Å². The summed E-state index contributed by atoms with van der Waals surface area (Å²) >= 11 is 0. The van der Waals surface area contributed by atoms with E-state index in [2.05, 4.69) is 18.8 Å². The number of nitrogens with two attached hydrogens (primary N) is 1. The number of carbonyl (C=O) groups is 1. The maximum absolute atomic E-state index is 12.1. The molecule has 0 aromatic heterocycles. The summed E-state index contributed by atoms with van der Waals surface area (Å²) < 4.78 is 0. The van der Waals surface area contributed by atoms with E-state index in [1.165, 1.54) is 0 Å². The second kappa shape index (κ2) is 5.65. The molecule has 0 radical (unpaired) electrons. The maximum Gasteiger partial charge on any atom is 0.346 e. The summed E-state index contributed by atoms with van der Waals surface area (Å²) in [5.74, 6) is 1.02. The van der Waals surface area contributed by atoms with E-state index in [0.29, 0.717) is 18.3 Å². The lowest BCUT2D eigenvalue weighted by Gasteiger charge is -2.35. The number of hydrogen-bond acceptors (Lipinski definition) is 2. The van der Waals surface area contributed by atoms with Gasteiger partial charge in [-0.1, -0.05) is 44.2 Å². The Labute approximate surface area is 120 Å². The van der Waals surface area contributed by atoms with E-state index in [-0.39, 0.29) is 6.03 Å². The van der Waals surface area contributed by atoms with Gasteiger partial charge in [-0.15, -0.1) is 0 Å². The fourth-order valence-electron chi connectivity index (χ4n) is 2.47. The van der Waals surface area contributed by atoms with Gasteiger partial charge in [-0.2, -0.15) is 4.99 Å². The molecule has 0 bridgehead atoms. The van der Waals surface area contributed by atoms with Crippen molar-refractivity contribution in [1.82, 2.24) is 4.90 Å². The summed E-state index contributed by atoms with van der Waals surface area (Å²) in [6.07, 6.45) is 1.86. The van der Waals surface area contributed by atoms with Crippen LogP contribution in [0.2, 0.25) is 0 Å². The summed E-state index contributed by atoms with van der Waals surface area (Å²) in [6.45, 7) is 6.92. The van der Waals surface area contributed by atoms with Gasteiger partial charge in [-0.25, -0.2) is 4.79 Å². The zero-order valence-electron chi connectivity index (χ0n) is 12.5. The average molecular weight is 273 g/mol. The molecule has 0 fully saturated rings. The number of nitrogens with zero attached hydrogens (tertiary/aromatic N) is 2. The van der Waals surface area contributed by atoms with E-state index in [4.69, 9.17) is 5.73 Å². The first-order valence-electron chi connectivity index (χ1n) is 7.13. The van der Waals surface area contributed by atoms with Gasteiger partial charge in [0.05, 0.1) is 5.54 Å². The summed E-state index contributed by atoms with van der Waals surface area (Å²) in [4.78, 5) is 17.9. The quantitative estimate of drug-likeness (QED) is 0.895. The van der Waals surface area contributed by atoms with Crippen LogP contribution in [0.4, 0.5) is 4.79 Å². The Balaban J connectivity index is 2.19. The minimum absolute atomic E-state index is 0.224. The van der Waals surface area contributed by atoms with E-state index in [1.807, 2.05) is 37.3 Å². The minimum Gasteiger partial charge on any atom is -0.385 e. The third-order valence-corrected chi connectivity index (χ3v) is 3.99. The lowest BCUT2D eigenvalue weighted by molar-refractivity contribution is 0.165. The van der Waals surface area contributed by atoms with Crippen molar-refractivity contribution in [2.45, 2.75) is 45.7 Å². The van der Waals surface area contributed by atoms with Crippen LogP contribution in [0.5, 0.6) is 0 Å². The van der Waals surface area contributed by atoms with Crippen molar-refractivity contribution in [3.05, 3.63) is 35.9 Å². The first kappa shape index (κ1) is 14.6. The van der Waals surface area contributed by atoms with Gasteiger partial charge in [-0.05, 0) is 31.2 Å². The average Bonchev–Trinajstić information content (AvgIpc) is 2.62. The zero-order valence-corrected chi connectivity index (χ0v) is 12.5. The van der Waals surface area contributed by atoms with Gasteiger partial charge in [0.15, 0.2) is 0 Å². The maximum atomic E-state index is 12.1. The molecule has 1 atom stereocenters. The normalized spacial score (nSPS) is 22.5. The van der Waals surface area contributed by atoms with E-state index in [9.17, 15) is 4.79 Å². The molecule has 1 aliphatic rings. The highest BCUT2D eigenvalue weighted by atomic mass is 16.2. The smallest absolute Gasteiger partial charge is 0.346 e. The minimum atomic E-state index is -0.461. The molecule has 1 unspecified atom stereocenters. The standard InChI is InChI=1S/C16H23N3O/c1-12(2)9-10-16(3)14(17)18-15(20)19(16)11-13-7-5-4-6-8-13/h4-8,12H,9-11H2,1-3H3,(H2,17,18,20). The molecule has 4 nitrogen and oxygen atoms in total. The Hall–Kier alpha value is -1.84. The van der Waals surface area contributed by atoms with Crippen molar-refractivity contribution in [2.24, 2.45) is 16.6 Å². The number of carbonyl (C=O) groups excluding carboxylic acids is 1. The fraction of sp³-hybridized carbons (Fsp3) is 0.500. The van der Waals surface area contributed by atoms with Gasteiger partial charge >= 0.3 is 6.03 Å². The third-order valence-electron chi connectivity index (χ3n) is 3.99. The third kappa shape index (κ3) is 2.84. The fourth-order valence-corrected chi connectivity index (χ4v) is 2.47. The van der Waals surface area contributed by atoms with Crippen LogP contribution in [0.15, 0.2) is 35.3 Å². The summed E-state index contributed by atoms with van der Waals surface area (Å²) in [7, 11) is 0. The highest BCUT2D eigenvalue weighted by Crippen LogP contribution is 2.31. The van der Waals surface area contributed by atoms with Crippen LogP contribution < -0.4 is 5.73 Å². The van der Waals surface area contributed by atoms with Gasteiger partial charge in [0.1, 0.15) is 5.84 Å². The summed E-state index contributed by atoms with van der Waals surface area (Å²) in [6, 6.07) is 9.74. The van der Waals surface area contributed by atoms with Crippen molar-refractivity contribution < 1.29 is 4.79 Å². The van der Waals surface area contributed by atoms with Crippen LogP contribution in [-0.2, 0) is 6.54 Å². The molecule has 1 heterocycles. The van der Waals surface area contributed by atoms with Crippen LogP contribution in [-0.4, -0.2) is 22.3 Å². The molecule has 1 aromatic rings. The molecule has 108 valence electrons. The number of benzene rings is 1. The molecule has 0 saturated heterocycles. The highest BCUT2D eigenvalue weighted by molar-refractivity contribution is 6.05. The van der Waals surface area contributed by atoms with Crippen LogP contribution in [0, 0.1) is 5.92 Å². The number of urea groups is 1. The highest BCUT2D eigenvalue weighted by Gasteiger charge is 2.44. The molecule has 4 heteroatoms. The van der Waals surface area contributed by atoms with Gasteiger partial charge in [0.2, 0.25) is 0 Å². The Kier molecular flexibility index (Phi) is 4.12. The van der Waals surface area contributed by atoms with Crippen LogP contribution in [0.25, 0.3) is 0 Å². The zero-order chi connectivity index (χ0) is 14.8. The van der Waals surface area contributed by atoms with Gasteiger partial charge in [-0.3, -0.25) is 0 Å². The second-order valence-corrected chi connectivity index (χ2v) is 6.06. The molecule has 20 heavy (non-hydrogen) atoms. The number of rotatable bonds is 5. The number of amides is 2. The van der Waals surface area contributed by atoms with Crippen molar-refractivity contribution in [3.8, 4) is 0 Å². The first-order valence-corrected chi connectivity index (χ1v) is 7.13. The topological polar surface area (TPSA) is 58.7 Å². The molecule has 2 N–H and O–H groups in total. The number of aliphatic imine (C=N–C) groups is 1. The van der Waals surface area contributed by atoms with Crippen molar-refractivity contribution in [2.75, 3.05) is 0 Å². The second-order valence-electron chi connectivity index (χ2n) is 6.06. The molecular weight excluding hydrogens is 250 g/mol. The number of hydrogen-bond donors (Lipinski definition) is 1. The van der Waals surface area contributed by atoms with Gasteiger partial charge in [0, 0.05) is 6.54 Å². The van der Waals surface area contributed by atoms with Crippen molar-refractivity contribution in [3.63, 3.8) is 0 Å². The lowest BCUT2D eigenvalue weighted by atomic mass is 9.89. The largest absolute Gasteiger partial charge is 0.385 e. The van der Waals surface area contributed by atoms with Crippen LogP contribution >= 0.6 is 0 Å². The Morgan fingerprint density at radius 1 is 1.30 bits per heavy atom. The SMILES string of the molecule is CC(C)CCC1(C)C(N)=NC(=O)N1Cc1ccccc1. The Morgan fingerprint density at radius 2 is 1.95 bits per heavy atom. The van der Waals surface area contributed by atoms with Crippen LogP contribution in [0.3, 0.4) is 0 Å². The Bertz CT molecular complexity index is 510. The van der Waals surface area contributed by atoms with Gasteiger partial charge in [0.25, 0.3) is 0 Å². The van der Waals surface area contributed by atoms with E-state index >= 15 is 0 Å². The predicted octanol–water partition coefficient (Wildman–Crippen LogP) is 3.17. The monoisotopic (exact) mass is 273 g/mol. The summed E-state index contributed by atoms with van der Waals surface area (Å²) in [5.41, 5.74) is 6.66. The molecule has 1 aliphatic heterocycles. The molecular formula is C16H23N3O. The Morgan fingerprint density at radius 3 is 2.55 bits per heavy atom. The predicted molar refractivity (Wildman–Crippen MR) is 81.5 cm³/mol. The van der Waals surface area contributed by atoms with E-state index in [0.717, 1.165) is 18.4 Å². The molecule has 0 spiro atoms. The molecule has 1 aromatic carbocycles. The lowest BCUT2D eigenvalue weighted by Crippen LogP contribution is -2.51. The van der Waals surface area contributed by atoms with Crippen molar-refractivity contribution in [1.29, 1.82) is 0 Å². The summed E-state index contributed by atoms with van der Waals surface area (Å²) in [5, 5.41) is 0. The molecule has 2 amide bonds. The van der Waals surface area contributed by atoms with E-state index in [1.54, 1.807) is 4.90 Å². The van der Waals surface area contributed by atoms with Crippen molar-refractivity contribution >= 4 is 11.9 Å². The first-order chi connectivity index (χ1) is 9.43. The molecule has 0 aliphatic carbocycles.